The number of anilines is 1. The maximum Gasteiger partial charge on any atom is 0.122 e. The lowest BCUT2D eigenvalue weighted by atomic mass is 9.68. The molecule has 0 saturated heterocycles. The molecule has 3 rings (SSSR count). The van der Waals surface area contributed by atoms with Crippen molar-refractivity contribution in [1.29, 1.82) is 0 Å². The smallest absolute Gasteiger partial charge is 0.122 e. The number of nitrogens with two attached hydrogens (primary N) is 1. The highest BCUT2D eigenvalue weighted by Crippen LogP contribution is 2.63. The normalized spacial score (nSPS) is 34.1. The Hall–Kier alpha value is -1.16. The molecule has 20 heavy (non-hydrogen) atoms. The van der Waals surface area contributed by atoms with Crippen molar-refractivity contribution in [2.75, 3.05) is 5.32 Å². The van der Waals surface area contributed by atoms with E-state index in [2.05, 4.69) is 31.1 Å². The Bertz CT molecular complexity index is 532. The Labute approximate surface area is 126 Å². The molecule has 2 aliphatic carbocycles. The summed E-state index contributed by atoms with van der Waals surface area (Å²) in [6.07, 6.45) is 5.90. The molecule has 2 saturated carbocycles. The lowest BCUT2D eigenvalue weighted by Crippen LogP contribution is -2.45. The summed E-state index contributed by atoms with van der Waals surface area (Å²) in [6, 6.07) is 4.44. The molecule has 0 amide bonds. The van der Waals surface area contributed by atoms with E-state index in [1.807, 2.05) is 18.3 Å². The minimum absolute atomic E-state index is 0.342. The van der Waals surface area contributed by atoms with Crippen molar-refractivity contribution in [2.45, 2.75) is 46.1 Å². The zero-order chi connectivity index (χ0) is 14.5. The van der Waals surface area contributed by atoms with Crippen LogP contribution in [0.1, 0.15) is 45.7 Å². The molecule has 3 unspecified atom stereocenters. The summed E-state index contributed by atoms with van der Waals surface area (Å²) in [4.78, 5) is 4.67. The molecule has 3 N–H and O–H groups in total. The number of nitrogens with one attached hydrogen (secondary N) is 1. The molecule has 0 aromatic carbocycles. The third-order valence-corrected chi connectivity index (χ3v) is 5.81. The van der Waals surface area contributed by atoms with Crippen molar-refractivity contribution >= 4 is 22.9 Å². The van der Waals surface area contributed by atoms with Gasteiger partial charge in [-0.15, -0.1) is 0 Å². The van der Waals surface area contributed by atoms with Crippen LogP contribution >= 0.6 is 12.2 Å². The zero-order valence-electron chi connectivity index (χ0n) is 12.4. The maximum atomic E-state index is 5.59. The maximum absolute atomic E-state index is 5.59. The van der Waals surface area contributed by atoms with Crippen LogP contribution in [0.25, 0.3) is 0 Å². The molecule has 0 radical (unpaired) electrons. The molecule has 3 atom stereocenters. The number of pyridine rings is 1. The molecule has 2 bridgehead atoms. The van der Waals surface area contributed by atoms with Gasteiger partial charge in [-0.2, -0.15) is 0 Å². The van der Waals surface area contributed by atoms with Crippen LogP contribution in [0.2, 0.25) is 0 Å². The molecular weight excluding hydrogens is 266 g/mol. The lowest BCUT2D eigenvalue weighted by molar-refractivity contribution is 0.155. The van der Waals surface area contributed by atoms with Crippen molar-refractivity contribution in [3.05, 3.63) is 24.0 Å². The number of rotatable bonds is 3. The fourth-order valence-corrected chi connectivity index (χ4v) is 4.57. The Morgan fingerprint density at radius 3 is 2.65 bits per heavy atom. The van der Waals surface area contributed by atoms with E-state index in [9.17, 15) is 0 Å². The summed E-state index contributed by atoms with van der Waals surface area (Å²) in [7, 11) is 0. The van der Waals surface area contributed by atoms with E-state index < -0.39 is 0 Å². The standard InChI is InChI=1S/C16H23N3S/c1-15(2)10-6-7-16(3,8-10)14(15)19-11-4-5-12(13(17)20)18-9-11/h4-5,9-10,14,19H,6-8H2,1-3H3,(H2,17,20). The summed E-state index contributed by atoms with van der Waals surface area (Å²) >= 11 is 4.94. The second-order valence-corrected chi connectivity index (χ2v) is 7.73. The highest BCUT2D eigenvalue weighted by Gasteiger charge is 2.59. The van der Waals surface area contributed by atoms with Gasteiger partial charge in [0, 0.05) is 6.04 Å². The lowest BCUT2D eigenvalue weighted by Gasteiger charge is -2.43. The van der Waals surface area contributed by atoms with Gasteiger partial charge >= 0.3 is 0 Å². The van der Waals surface area contributed by atoms with Gasteiger partial charge < -0.3 is 11.1 Å². The van der Waals surface area contributed by atoms with Gasteiger partial charge in [0.25, 0.3) is 0 Å². The zero-order valence-corrected chi connectivity index (χ0v) is 13.3. The van der Waals surface area contributed by atoms with Gasteiger partial charge in [0.1, 0.15) is 4.99 Å². The minimum Gasteiger partial charge on any atom is -0.388 e. The van der Waals surface area contributed by atoms with Gasteiger partial charge in [-0.1, -0.05) is 33.0 Å². The summed E-state index contributed by atoms with van der Waals surface area (Å²) < 4.78 is 0. The first-order valence-electron chi connectivity index (χ1n) is 7.35. The first-order valence-corrected chi connectivity index (χ1v) is 7.76. The van der Waals surface area contributed by atoms with Crippen molar-refractivity contribution in [3.63, 3.8) is 0 Å². The fourth-order valence-electron chi connectivity index (χ4n) is 4.45. The van der Waals surface area contributed by atoms with Crippen LogP contribution in [-0.2, 0) is 0 Å². The number of aromatic nitrogens is 1. The quantitative estimate of drug-likeness (QED) is 0.838. The fraction of sp³-hybridized carbons (Fsp3) is 0.625. The summed E-state index contributed by atoms with van der Waals surface area (Å²) in [6.45, 7) is 7.23. The van der Waals surface area contributed by atoms with Crippen LogP contribution in [0.5, 0.6) is 0 Å². The van der Waals surface area contributed by atoms with Crippen LogP contribution in [0.15, 0.2) is 18.3 Å². The second-order valence-electron chi connectivity index (χ2n) is 7.29. The number of fused-ring (bicyclic) bond motifs is 2. The molecular formula is C16H23N3S. The minimum atomic E-state index is 0.342. The molecule has 3 nitrogen and oxygen atoms in total. The number of hydrogen-bond acceptors (Lipinski definition) is 3. The van der Waals surface area contributed by atoms with Crippen LogP contribution < -0.4 is 11.1 Å². The molecule has 0 spiro atoms. The van der Waals surface area contributed by atoms with Gasteiger partial charge in [0.05, 0.1) is 17.6 Å². The average molecular weight is 289 g/mol. The van der Waals surface area contributed by atoms with Gasteiger partial charge in [0.2, 0.25) is 0 Å². The molecule has 2 fully saturated rings. The van der Waals surface area contributed by atoms with E-state index in [0.717, 1.165) is 11.6 Å². The monoisotopic (exact) mass is 289 g/mol. The van der Waals surface area contributed by atoms with Crippen molar-refractivity contribution in [2.24, 2.45) is 22.5 Å². The van der Waals surface area contributed by atoms with Gasteiger partial charge in [0.15, 0.2) is 0 Å². The van der Waals surface area contributed by atoms with Crippen LogP contribution in [0.4, 0.5) is 5.69 Å². The molecule has 4 heteroatoms. The van der Waals surface area contributed by atoms with E-state index in [1.54, 1.807) is 0 Å². The van der Waals surface area contributed by atoms with Crippen molar-refractivity contribution in [1.82, 2.24) is 4.98 Å². The van der Waals surface area contributed by atoms with E-state index in [0.29, 0.717) is 27.6 Å². The molecule has 1 heterocycles. The Morgan fingerprint density at radius 1 is 1.40 bits per heavy atom. The number of nitrogens with zero attached hydrogens (tertiary/aromatic N) is 1. The van der Waals surface area contributed by atoms with Crippen molar-refractivity contribution in [3.8, 4) is 0 Å². The SMILES string of the molecule is CC12CCC(C1)C(C)(C)C2Nc1ccc(C(N)=S)nc1. The van der Waals surface area contributed by atoms with E-state index in [4.69, 9.17) is 18.0 Å². The first kappa shape index (κ1) is 13.8. The Morgan fingerprint density at radius 2 is 2.15 bits per heavy atom. The Balaban J connectivity index is 1.82. The molecule has 2 aliphatic rings. The Kier molecular flexibility index (Phi) is 3.05. The predicted octanol–water partition coefficient (Wildman–Crippen LogP) is 3.34. The molecule has 0 aliphatic heterocycles. The van der Waals surface area contributed by atoms with E-state index >= 15 is 0 Å². The summed E-state index contributed by atoms with van der Waals surface area (Å²) in [5.41, 5.74) is 8.10. The van der Waals surface area contributed by atoms with E-state index in [1.165, 1.54) is 19.3 Å². The molecule has 1 aromatic rings. The summed E-state index contributed by atoms with van der Waals surface area (Å²) in [5.74, 6) is 0.842. The van der Waals surface area contributed by atoms with Gasteiger partial charge in [-0.05, 0) is 48.1 Å². The molecule has 108 valence electrons. The topological polar surface area (TPSA) is 50.9 Å². The first-order chi connectivity index (χ1) is 9.33. The van der Waals surface area contributed by atoms with Gasteiger partial charge in [-0.3, -0.25) is 4.98 Å². The van der Waals surface area contributed by atoms with Crippen molar-refractivity contribution < 1.29 is 0 Å². The van der Waals surface area contributed by atoms with Crippen LogP contribution in [0, 0.1) is 16.7 Å². The number of hydrogen-bond donors (Lipinski definition) is 2. The third-order valence-electron chi connectivity index (χ3n) is 5.60. The number of thiocarbonyl (C=S) groups is 1. The van der Waals surface area contributed by atoms with Gasteiger partial charge in [-0.25, -0.2) is 0 Å². The average Bonchev–Trinajstić information content (AvgIpc) is 2.86. The van der Waals surface area contributed by atoms with Crippen LogP contribution in [0.3, 0.4) is 0 Å². The predicted molar refractivity (Wildman–Crippen MR) is 86.8 cm³/mol. The second kappa shape index (κ2) is 4.42. The van der Waals surface area contributed by atoms with E-state index in [-0.39, 0.29) is 0 Å². The third kappa shape index (κ3) is 2.01. The highest BCUT2D eigenvalue weighted by atomic mass is 32.1. The van der Waals surface area contributed by atoms with Crippen LogP contribution in [-0.4, -0.2) is 16.0 Å². The highest BCUT2D eigenvalue weighted by molar-refractivity contribution is 7.80. The molecule has 1 aromatic heterocycles. The summed E-state index contributed by atoms with van der Waals surface area (Å²) in [5, 5.41) is 3.72. The largest absolute Gasteiger partial charge is 0.388 e.